The lowest BCUT2D eigenvalue weighted by Gasteiger charge is -2.18. The molecule has 1 amide bonds. The Hall–Kier alpha value is -1.67. The summed E-state index contributed by atoms with van der Waals surface area (Å²) in [5.74, 6) is -0.139. The van der Waals surface area contributed by atoms with Gasteiger partial charge in [-0.15, -0.1) is 0 Å². The van der Waals surface area contributed by atoms with E-state index in [1.165, 1.54) is 11.0 Å². The molecule has 1 aromatic heterocycles. The number of pyridine rings is 1. The first-order chi connectivity index (χ1) is 8.74. The third-order valence-electron chi connectivity index (χ3n) is 2.45. The van der Waals surface area contributed by atoms with Gasteiger partial charge < -0.3 is 16.4 Å². The van der Waals surface area contributed by atoms with Crippen molar-refractivity contribution in [1.82, 2.24) is 4.98 Å². The van der Waals surface area contributed by atoms with E-state index in [9.17, 15) is 13.2 Å². The van der Waals surface area contributed by atoms with Gasteiger partial charge in [0.15, 0.2) is 14.9 Å². The van der Waals surface area contributed by atoms with Crippen molar-refractivity contribution in [2.75, 3.05) is 31.3 Å². The maximum absolute atomic E-state index is 11.6. The van der Waals surface area contributed by atoms with Gasteiger partial charge in [-0.25, -0.2) is 13.4 Å². The third kappa shape index (κ3) is 4.49. The van der Waals surface area contributed by atoms with Gasteiger partial charge in [0.2, 0.25) is 5.91 Å². The topological polar surface area (TPSA) is 119 Å². The average Bonchev–Trinajstić information content (AvgIpc) is 2.27. The second-order valence-electron chi connectivity index (χ2n) is 4.31. The van der Waals surface area contributed by atoms with Crippen LogP contribution in [0.3, 0.4) is 0 Å². The van der Waals surface area contributed by atoms with E-state index < -0.39 is 15.7 Å². The number of nitrogens with zero attached hydrogens (tertiary/aromatic N) is 2. The van der Waals surface area contributed by atoms with Crippen molar-refractivity contribution < 1.29 is 13.2 Å². The molecule has 0 unspecified atom stereocenters. The van der Waals surface area contributed by atoms with E-state index in [2.05, 4.69) is 4.98 Å². The van der Waals surface area contributed by atoms with Crippen LogP contribution in [0.4, 0.5) is 5.82 Å². The molecule has 106 valence electrons. The monoisotopic (exact) mass is 286 g/mol. The number of aromatic nitrogens is 1. The first-order valence-electron chi connectivity index (χ1n) is 5.64. The van der Waals surface area contributed by atoms with Crippen LogP contribution in [0.2, 0.25) is 0 Å². The van der Waals surface area contributed by atoms with Crippen molar-refractivity contribution in [2.45, 2.75) is 11.4 Å². The lowest BCUT2D eigenvalue weighted by Crippen LogP contribution is -2.31. The van der Waals surface area contributed by atoms with Crippen molar-refractivity contribution in [2.24, 2.45) is 11.5 Å². The Morgan fingerprint density at radius 3 is 2.53 bits per heavy atom. The Labute approximate surface area is 112 Å². The zero-order valence-electron chi connectivity index (χ0n) is 11.0. The summed E-state index contributed by atoms with van der Waals surface area (Å²) in [5.41, 5.74) is 11.3. The Balaban J connectivity index is 3.23. The zero-order chi connectivity index (χ0) is 14.6. The van der Waals surface area contributed by atoms with Crippen molar-refractivity contribution in [1.29, 1.82) is 0 Å². The summed E-state index contributed by atoms with van der Waals surface area (Å²) in [6.07, 6.45) is 1.61. The smallest absolute Gasteiger partial charge is 0.236 e. The van der Waals surface area contributed by atoms with Crippen molar-refractivity contribution in [3.63, 3.8) is 0 Å². The molecule has 4 N–H and O–H groups in total. The minimum Gasteiger partial charge on any atom is -0.368 e. The fourth-order valence-electron chi connectivity index (χ4n) is 1.55. The number of rotatable bonds is 6. The van der Waals surface area contributed by atoms with Gasteiger partial charge in [-0.1, -0.05) is 0 Å². The highest BCUT2D eigenvalue weighted by Gasteiger charge is 2.14. The molecule has 0 fully saturated rings. The lowest BCUT2D eigenvalue weighted by atomic mass is 10.2. The summed E-state index contributed by atoms with van der Waals surface area (Å²) < 4.78 is 23.2. The molecular weight excluding hydrogens is 268 g/mol. The van der Waals surface area contributed by atoms with Crippen LogP contribution in [0.1, 0.15) is 5.56 Å². The van der Waals surface area contributed by atoms with Gasteiger partial charge in [0.25, 0.3) is 0 Å². The number of likely N-dealkylation sites (N-methyl/N-ethyl adjacent to an activating group) is 1. The van der Waals surface area contributed by atoms with Gasteiger partial charge in [0, 0.05) is 13.3 Å². The van der Waals surface area contributed by atoms with Gasteiger partial charge >= 0.3 is 0 Å². The van der Waals surface area contributed by atoms with Crippen LogP contribution in [0.25, 0.3) is 0 Å². The number of anilines is 1. The average molecular weight is 286 g/mol. The van der Waals surface area contributed by atoms with E-state index in [1.54, 1.807) is 13.1 Å². The second-order valence-corrected chi connectivity index (χ2v) is 6.27. The van der Waals surface area contributed by atoms with Crippen LogP contribution >= 0.6 is 0 Å². The molecule has 7 nitrogen and oxygen atoms in total. The Morgan fingerprint density at radius 1 is 1.42 bits per heavy atom. The lowest BCUT2D eigenvalue weighted by molar-refractivity contribution is -0.116. The third-order valence-corrected chi connectivity index (χ3v) is 3.41. The predicted molar refractivity (Wildman–Crippen MR) is 72.6 cm³/mol. The number of hydrogen-bond acceptors (Lipinski definition) is 6. The minimum absolute atomic E-state index is 0.0372. The number of amides is 1. The molecule has 19 heavy (non-hydrogen) atoms. The first-order valence-corrected chi connectivity index (χ1v) is 7.53. The van der Waals surface area contributed by atoms with Crippen LogP contribution in [0.15, 0.2) is 17.2 Å². The number of hydrogen-bond donors (Lipinski definition) is 2. The molecule has 0 bridgehead atoms. The molecule has 0 radical (unpaired) electrons. The van der Waals surface area contributed by atoms with Crippen molar-refractivity contribution in [3.05, 3.63) is 17.7 Å². The van der Waals surface area contributed by atoms with Crippen molar-refractivity contribution in [3.8, 4) is 0 Å². The SMILES string of the molecule is CN(CC(N)=O)c1cc(CCN)cc(S(C)(=O)=O)n1. The van der Waals surface area contributed by atoms with Crippen LogP contribution in [0, 0.1) is 0 Å². The molecule has 0 aliphatic rings. The molecule has 1 aromatic rings. The molecule has 0 aliphatic carbocycles. The van der Waals surface area contributed by atoms with Crippen LogP contribution in [0.5, 0.6) is 0 Å². The summed E-state index contributed by atoms with van der Waals surface area (Å²) >= 11 is 0. The quantitative estimate of drug-likeness (QED) is 0.685. The fourth-order valence-corrected chi connectivity index (χ4v) is 2.18. The summed E-state index contributed by atoms with van der Waals surface area (Å²) in [4.78, 5) is 16.4. The molecule has 1 heterocycles. The Bertz CT molecular complexity index is 571. The summed E-state index contributed by atoms with van der Waals surface area (Å²) in [6, 6.07) is 3.19. The van der Waals surface area contributed by atoms with Crippen LogP contribution in [-0.4, -0.2) is 45.7 Å². The first kappa shape index (κ1) is 15.4. The van der Waals surface area contributed by atoms with E-state index in [-0.39, 0.29) is 11.6 Å². The maximum atomic E-state index is 11.6. The highest BCUT2D eigenvalue weighted by atomic mass is 32.2. The highest BCUT2D eigenvalue weighted by Crippen LogP contribution is 2.17. The summed E-state index contributed by atoms with van der Waals surface area (Å²) in [7, 11) is -1.81. The molecule has 0 saturated heterocycles. The van der Waals surface area contributed by atoms with Crippen LogP contribution in [-0.2, 0) is 21.1 Å². The number of carbonyl (C=O) groups excluding carboxylic acids is 1. The number of primary amides is 1. The molecular formula is C11H18N4O3S. The Kier molecular flexibility index (Phi) is 4.84. The minimum atomic E-state index is -3.42. The predicted octanol–water partition coefficient (Wildman–Crippen LogP) is -1.09. The highest BCUT2D eigenvalue weighted by molar-refractivity contribution is 7.90. The van der Waals surface area contributed by atoms with Gasteiger partial charge in [-0.05, 0) is 30.7 Å². The van der Waals surface area contributed by atoms with E-state index >= 15 is 0 Å². The second kappa shape index (κ2) is 5.98. The van der Waals surface area contributed by atoms with Crippen LogP contribution < -0.4 is 16.4 Å². The normalized spacial score (nSPS) is 11.3. The summed E-state index contributed by atoms with van der Waals surface area (Å²) in [6.45, 7) is 0.356. The summed E-state index contributed by atoms with van der Waals surface area (Å²) in [5, 5.41) is -0.0372. The molecule has 0 saturated carbocycles. The largest absolute Gasteiger partial charge is 0.368 e. The maximum Gasteiger partial charge on any atom is 0.236 e. The molecule has 0 atom stereocenters. The van der Waals surface area contributed by atoms with Gasteiger partial charge in [-0.2, -0.15) is 0 Å². The number of carbonyl (C=O) groups is 1. The van der Waals surface area contributed by atoms with Crippen molar-refractivity contribution >= 4 is 21.6 Å². The molecule has 0 spiro atoms. The molecule has 0 aromatic carbocycles. The standard InChI is InChI=1S/C11H18N4O3S/c1-15(7-9(13)16)10-5-8(3-4-12)6-11(14-10)19(2,17)18/h5-6H,3-4,7,12H2,1-2H3,(H2,13,16). The van der Waals surface area contributed by atoms with E-state index in [0.717, 1.165) is 11.8 Å². The molecule has 1 rings (SSSR count). The zero-order valence-corrected chi connectivity index (χ0v) is 11.8. The van der Waals surface area contributed by atoms with E-state index in [0.29, 0.717) is 18.8 Å². The van der Waals surface area contributed by atoms with Gasteiger partial charge in [0.05, 0.1) is 6.54 Å². The Morgan fingerprint density at radius 2 is 2.05 bits per heavy atom. The van der Waals surface area contributed by atoms with E-state index in [1.807, 2.05) is 0 Å². The number of nitrogens with two attached hydrogens (primary N) is 2. The van der Waals surface area contributed by atoms with E-state index in [4.69, 9.17) is 11.5 Å². The number of sulfone groups is 1. The fraction of sp³-hybridized carbons (Fsp3) is 0.455. The van der Waals surface area contributed by atoms with Gasteiger partial charge in [-0.3, -0.25) is 4.79 Å². The molecule has 0 aliphatic heterocycles. The van der Waals surface area contributed by atoms with Gasteiger partial charge in [0.1, 0.15) is 5.82 Å². The molecule has 8 heteroatoms.